The summed E-state index contributed by atoms with van der Waals surface area (Å²) in [5, 5.41) is 6.14. The van der Waals surface area contributed by atoms with Gasteiger partial charge in [0.15, 0.2) is 0 Å². The Morgan fingerprint density at radius 1 is 1.24 bits per heavy atom. The lowest BCUT2D eigenvalue weighted by atomic mass is 10.3. The Bertz CT molecular complexity index is 828. The van der Waals surface area contributed by atoms with Crippen molar-refractivity contribution in [2.24, 2.45) is 0 Å². The van der Waals surface area contributed by atoms with Crippen molar-refractivity contribution in [3.05, 3.63) is 39.9 Å². The molecule has 0 atom stereocenters. The normalized spacial score (nSPS) is 16.0. The minimum Gasteiger partial charge on any atom is -0.361 e. The highest BCUT2D eigenvalue weighted by Gasteiger charge is 2.22. The first-order valence-corrected chi connectivity index (χ1v) is 9.79. The highest BCUT2D eigenvalue weighted by molar-refractivity contribution is 7.27. The molecule has 1 aliphatic rings. The van der Waals surface area contributed by atoms with Gasteiger partial charge in [-0.25, -0.2) is 0 Å². The van der Waals surface area contributed by atoms with Crippen LogP contribution in [0.15, 0.2) is 28.1 Å². The molecule has 0 N–H and O–H groups in total. The third-order valence-electron chi connectivity index (χ3n) is 4.29. The molecule has 1 saturated heterocycles. The SMILES string of the molecule is Cc1cc(CN2CCCN(C(=O)c3cc4sccc4s3)CC2)no1.Cl. The highest BCUT2D eigenvalue weighted by atomic mass is 35.5. The zero-order valence-electron chi connectivity index (χ0n) is 13.9. The highest BCUT2D eigenvalue weighted by Crippen LogP contribution is 2.30. The molecule has 0 radical (unpaired) electrons. The van der Waals surface area contributed by atoms with Crippen LogP contribution in [-0.2, 0) is 6.54 Å². The lowest BCUT2D eigenvalue weighted by Crippen LogP contribution is -2.34. The Morgan fingerprint density at radius 3 is 2.88 bits per heavy atom. The van der Waals surface area contributed by atoms with Crippen molar-refractivity contribution in [3.63, 3.8) is 0 Å². The van der Waals surface area contributed by atoms with E-state index >= 15 is 0 Å². The molecule has 5 nitrogen and oxygen atoms in total. The summed E-state index contributed by atoms with van der Waals surface area (Å²) in [6, 6.07) is 6.10. The van der Waals surface area contributed by atoms with Crippen LogP contribution in [0.2, 0.25) is 0 Å². The Hall–Kier alpha value is -1.41. The molecule has 1 aliphatic heterocycles. The van der Waals surface area contributed by atoms with E-state index in [0.717, 1.165) is 55.5 Å². The number of hydrogen-bond donors (Lipinski definition) is 0. The van der Waals surface area contributed by atoms with Gasteiger partial charge in [0, 0.05) is 48.2 Å². The van der Waals surface area contributed by atoms with Crippen LogP contribution in [0, 0.1) is 6.92 Å². The van der Waals surface area contributed by atoms with Crippen molar-refractivity contribution in [3.8, 4) is 0 Å². The fourth-order valence-electron chi connectivity index (χ4n) is 3.08. The van der Waals surface area contributed by atoms with Crippen LogP contribution in [0.4, 0.5) is 0 Å². The summed E-state index contributed by atoms with van der Waals surface area (Å²) in [5.41, 5.74) is 0.964. The van der Waals surface area contributed by atoms with E-state index in [9.17, 15) is 4.79 Å². The van der Waals surface area contributed by atoms with Crippen LogP contribution in [0.1, 0.15) is 27.5 Å². The first-order valence-electron chi connectivity index (χ1n) is 8.10. The number of aryl methyl sites for hydroxylation is 1. The van der Waals surface area contributed by atoms with Gasteiger partial charge in [-0.1, -0.05) is 5.16 Å². The van der Waals surface area contributed by atoms with Crippen molar-refractivity contribution in [2.75, 3.05) is 26.2 Å². The predicted molar refractivity (Wildman–Crippen MR) is 104 cm³/mol. The van der Waals surface area contributed by atoms with E-state index in [1.54, 1.807) is 22.7 Å². The third-order valence-corrected chi connectivity index (χ3v) is 6.37. The second kappa shape index (κ2) is 7.86. The minimum atomic E-state index is 0. The molecule has 4 rings (SSSR count). The second-order valence-electron chi connectivity index (χ2n) is 6.11. The van der Waals surface area contributed by atoms with Crippen LogP contribution in [0.25, 0.3) is 9.40 Å². The van der Waals surface area contributed by atoms with E-state index in [0.29, 0.717) is 0 Å². The molecule has 0 bridgehead atoms. The topological polar surface area (TPSA) is 49.6 Å². The van der Waals surface area contributed by atoms with Crippen LogP contribution in [0.5, 0.6) is 0 Å². The Balaban J connectivity index is 0.00000182. The summed E-state index contributed by atoms with van der Waals surface area (Å²) < 4.78 is 7.56. The number of carbonyl (C=O) groups is 1. The molecule has 0 aliphatic carbocycles. The van der Waals surface area contributed by atoms with Crippen LogP contribution in [-0.4, -0.2) is 47.0 Å². The van der Waals surface area contributed by atoms with Gasteiger partial charge in [-0.2, -0.15) is 0 Å². The fourth-order valence-corrected chi connectivity index (χ4v) is 5.16. The number of aromatic nitrogens is 1. The number of halogens is 1. The zero-order valence-corrected chi connectivity index (χ0v) is 16.4. The molecule has 0 spiro atoms. The van der Waals surface area contributed by atoms with Crippen molar-refractivity contribution >= 4 is 50.4 Å². The number of carbonyl (C=O) groups excluding carboxylic acids is 1. The monoisotopic (exact) mass is 397 g/mol. The summed E-state index contributed by atoms with van der Waals surface area (Å²) in [7, 11) is 0. The van der Waals surface area contributed by atoms with Gasteiger partial charge in [0.1, 0.15) is 5.76 Å². The standard InChI is InChI=1S/C17H19N3O2S2.ClH/c1-12-9-13(18-22-12)11-19-4-2-5-20(7-6-19)17(21)16-10-15-14(24-16)3-8-23-15;/h3,8-10H,2,4-7,11H2,1H3;1H. The molecule has 134 valence electrons. The predicted octanol–water partition coefficient (Wildman–Crippen LogP) is 4.03. The molecule has 4 heterocycles. The molecule has 25 heavy (non-hydrogen) atoms. The summed E-state index contributed by atoms with van der Waals surface area (Å²) >= 11 is 3.30. The van der Waals surface area contributed by atoms with Gasteiger partial charge in [-0.05, 0) is 30.9 Å². The van der Waals surface area contributed by atoms with Crippen LogP contribution >= 0.6 is 35.1 Å². The second-order valence-corrected chi connectivity index (χ2v) is 8.14. The maximum absolute atomic E-state index is 12.8. The smallest absolute Gasteiger partial charge is 0.264 e. The van der Waals surface area contributed by atoms with Crippen molar-refractivity contribution in [2.45, 2.75) is 19.9 Å². The van der Waals surface area contributed by atoms with Crippen molar-refractivity contribution < 1.29 is 9.32 Å². The van der Waals surface area contributed by atoms with E-state index < -0.39 is 0 Å². The van der Waals surface area contributed by atoms with Crippen molar-refractivity contribution in [1.82, 2.24) is 15.0 Å². The van der Waals surface area contributed by atoms with Gasteiger partial charge in [-0.3, -0.25) is 9.69 Å². The molecular weight excluding hydrogens is 378 g/mol. The number of thiophene rings is 2. The molecule has 1 amide bonds. The number of amides is 1. The minimum absolute atomic E-state index is 0. The quantitative estimate of drug-likeness (QED) is 0.669. The molecule has 3 aromatic rings. The van der Waals surface area contributed by atoms with Gasteiger partial charge in [0.2, 0.25) is 0 Å². The first-order chi connectivity index (χ1) is 11.7. The number of rotatable bonds is 3. The Morgan fingerprint density at radius 2 is 2.12 bits per heavy atom. The van der Waals surface area contributed by atoms with E-state index in [1.165, 1.54) is 9.40 Å². The van der Waals surface area contributed by atoms with E-state index in [-0.39, 0.29) is 18.3 Å². The molecule has 0 saturated carbocycles. The maximum Gasteiger partial charge on any atom is 0.264 e. The van der Waals surface area contributed by atoms with E-state index in [2.05, 4.69) is 21.5 Å². The maximum atomic E-state index is 12.8. The van der Waals surface area contributed by atoms with Gasteiger partial charge in [0.05, 0.1) is 10.6 Å². The van der Waals surface area contributed by atoms with Gasteiger partial charge in [0.25, 0.3) is 5.91 Å². The molecular formula is C17H20ClN3O2S2. The lowest BCUT2D eigenvalue weighted by molar-refractivity contribution is 0.0766. The zero-order chi connectivity index (χ0) is 16.5. The Kier molecular flexibility index (Phi) is 5.78. The average molecular weight is 398 g/mol. The average Bonchev–Trinajstić information content (AvgIpc) is 3.21. The first kappa shape index (κ1) is 18.4. The largest absolute Gasteiger partial charge is 0.361 e. The molecule has 1 fully saturated rings. The van der Waals surface area contributed by atoms with Gasteiger partial charge >= 0.3 is 0 Å². The fraction of sp³-hybridized carbons (Fsp3) is 0.412. The van der Waals surface area contributed by atoms with E-state index in [1.807, 2.05) is 24.0 Å². The number of hydrogen-bond acceptors (Lipinski definition) is 6. The Labute approximate surface area is 160 Å². The third kappa shape index (κ3) is 4.06. The summed E-state index contributed by atoms with van der Waals surface area (Å²) in [6.07, 6.45) is 0.988. The van der Waals surface area contributed by atoms with Crippen LogP contribution < -0.4 is 0 Å². The van der Waals surface area contributed by atoms with Gasteiger partial charge in [-0.15, -0.1) is 35.1 Å². The lowest BCUT2D eigenvalue weighted by Gasteiger charge is -2.20. The molecule has 0 aromatic carbocycles. The molecule has 8 heteroatoms. The number of fused-ring (bicyclic) bond motifs is 1. The van der Waals surface area contributed by atoms with Crippen LogP contribution in [0.3, 0.4) is 0 Å². The summed E-state index contributed by atoms with van der Waals surface area (Å²) in [6.45, 7) is 6.13. The molecule has 0 unspecified atom stereocenters. The summed E-state index contributed by atoms with van der Waals surface area (Å²) in [4.78, 5) is 18.0. The molecule has 3 aromatic heterocycles. The number of nitrogens with zero attached hydrogens (tertiary/aromatic N) is 3. The summed E-state index contributed by atoms with van der Waals surface area (Å²) in [5.74, 6) is 1.01. The van der Waals surface area contributed by atoms with E-state index in [4.69, 9.17) is 4.52 Å². The van der Waals surface area contributed by atoms with Gasteiger partial charge < -0.3 is 9.42 Å². The van der Waals surface area contributed by atoms with Crippen molar-refractivity contribution in [1.29, 1.82) is 0 Å².